The van der Waals surface area contributed by atoms with Crippen LogP contribution >= 0.6 is 0 Å². The quantitative estimate of drug-likeness (QED) is 0.793. The number of aromatic nitrogens is 1. The molecule has 0 saturated heterocycles. The average Bonchev–Trinajstić information content (AvgIpc) is 3.14. The third kappa shape index (κ3) is 2.45. The summed E-state index contributed by atoms with van der Waals surface area (Å²) < 4.78 is 10.4. The van der Waals surface area contributed by atoms with Gasteiger partial charge in [0.15, 0.2) is 6.29 Å². The van der Waals surface area contributed by atoms with E-state index in [2.05, 4.69) is 4.98 Å². The van der Waals surface area contributed by atoms with Crippen molar-refractivity contribution in [3.63, 3.8) is 0 Å². The number of carboxylic acid groups (broad SMARTS) is 1. The summed E-state index contributed by atoms with van der Waals surface area (Å²) in [5, 5.41) is 8.93. The number of hydrogen-bond acceptors (Lipinski definition) is 4. The van der Waals surface area contributed by atoms with E-state index in [9.17, 15) is 4.79 Å². The van der Waals surface area contributed by atoms with Crippen molar-refractivity contribution in [2.24, 2.45) is 0 Å². The second-order valence-electron chi connectivity index (χ2n) is 4.08. The molecule has 0 radical (unpaired) electrons. The maximum absolute atomic E-state index is 10.9. The lowest BCUT2D eigenvalue weighted by atomic mass is 10.0. The standard InChI is InChI=1S/C12H15NO4/c1-16-12(17-2)9-6-13-10(11(14)15)5-8(9)7-3-4-7/h5-7,12H,3-4H2,1-2H3,(H,14,15). The molecule has 1 aliphatic rings. The van der Waals surface area contributed by atoms with Crippen molar-refractivity contribution in [1.29, 1.82) is 0 Å². The minimum absolute atomic E-state index is 0.0709. The van der Waals surface area contributed by atoms with Crippen LogP contribution in [0, 0.1) is 0 Å². The van der Waals surface area contributed by atoms with Gasteiger partial charge in [-0.15, -0.1) is 0 Å². The van der Waals surface area contributed by atoms with Crippen LogP contribution in [0.2, 0.25) is 0 Å². The van der Waals surface area contributed by atoms with Gasteiger partial charge < -0.3 is 14.6 Å². The molecule has 1 aromatic rings. The molecule has 0 bridgehead atoms. The van der Waals surface area contributed by atoms with Crippen LogP contribution in [0.15, 0.2) is 12.3 Å². The first kappa shape index (κ1) is 12.0. The molecule has 1 fully saturated rings. The summed E-state index contributed by atoms with van der Waals surface area (Å²) in [5.74, 6) is -0.594. The zero-order chi connectivity index (χ0) is 12.4. The minimum atomic E-state index is -1.01. The molecular weight excluding hydrogens is 222 g/mol. The van der Waals surface area contributed by atoms with Crippen LogP contribution in [0.1, 0.15) is 46.7 Å². The summed E-state index contributed by atoms with van der Waals surface area (Å²) in [6, 6.07) is 1.63. The first-order valence-corrected chi connectivity index (χ1v) is 5.46. The predicted molar refractivity (Wildman–Crippen MR) is 59.9 cm³/mol. The third-order valence-corrected chi connectivity index (χ3v) is 2.89. The van der Waals surface area contributed by atoms with E-state index >= 15 is 0 Å². The lowest BCUT2D eigenvalue weighted by molar-refractivity contribution is -0.106. The van der Waals surface area contributed by atoms with E-state index in [1.165, 1.54) is 6.20 Å². The molecule has 0 atom stereocenters. The zero-order valence-corrected chi connectivity index (χ0v) is 9.84. The number of nitrogens with zero attached hydrogens (tertiary/aromatic N) is 1. The van der Waals surface area contributed by atoms with Gasteiger partial charge in [0.25, 0.3) is 0 Å². The molecule has 1 heterocycles. The Morgan fingerprint density at radius 1 is 1.47 bits per heavy atom. The Morgan fingerprint density at radius 3 is 2.59 bits per heavy atom. The molecule has 0 unspecified atom stereocenters. The maximum atomic E-state index is 10.9. The Balaban J connectivity index is 2.40. The highest BCUT2D eigenvalue weighted by Crippen LogP contribution is 2.43. The number of methoxy groups -OCH3 is 2. The van der Waals surface area contributed by atoms with Crippen LogP contribution in [0.25, 0.3) is 0 Å². The molecule has 0 amide bonds. The summed E-state index contributed by atoms with van der Waals surface area (Å²) in [5.41, 5.74) is 1.87. The minimum Gasteiger partial charge on any atom is -0.477 e. The molecule has 5 heteroatoms. The van der Waals surface area contributed by atoms with Gasteiger partial charge in [-0.25, -0.2) is 9.78 Å². The molecule has 0 spiro atoms. The smallest absolute Gasteiger partial charge is 0.354 e. The van der Waals surface area contributed by atoms with E-state index in [1.54, 1.807) is 20.3 Å². The topological polar surface area (TPSA) is 68.7 Å². The van der Waals surface area contributed by atoms with Gasteiger partial charge in [-0.1, -0.05) is 0 Å². The van der Waals surface area contributed by atoms with Crippen molar-refractivity contribution >= 4 is 5.97 Å². The van der Waals surface area contributed by atoms with E-state index in [1.807, 2.05) is 0 Å². The van der Waals surface area contributed by atoms with Crippen LogP contribution in [0.3, 0.4) is 0 Å². The molecule has 1 saturated carbocycles. The summed E-state index contributed by atoms with van der Waals surface area (Å²) >= 11 is 0. The van der Waals surface area contributed by atoms with E-state index in [0.29, 0.717) is 5.92 Å². The van der Waals surface area contributed by atoms with E-state index in [-0.39, 0.29) is 5.69 Å². The highest BCUT2D eigenvalue weighted by atomic mass is 16.7. The van der Waals surface area contributed by atoms with Gasteiger partial charge in [0, 0.05) is 26.0 Å². The van der Waals surface area contributed by atoms with Crippen molar-refractivity contribution < 1.29 is 19.4 Å². The van der Waals surface area contributed by atoms with Gasteiger partial charge in [0.2, 0.25) is 0 Å². The number of carboxylic acids is 1. The molecule has 2 rings (SSSR count). The van der Waals surface area contributed by atoms with Crippen molar-refractivity contribution in [3.05, 3.63) is 29.1 Å². The van der Waals surface area contributed by atoms with Gasteiger partial charge in [-0.05, 0) is 30.4 Å². The predicted octanol–water partition coefficient (Wildman–Crippen LogP) is 1.95. The summed E-state index contributed by atoms with van der Waals surface area (Å²) in [7, 11) is 3.10. The fraction of sp³-hybridized carbons (Fsp3) is 0.500. The summed E-state index contributed by atoms with van der Waals surface area (Å²) in [6.07, 6.45) is 3.21. The summed E-state index contributed by atoms with van der Waals surface area (Å²) in [6.45, 7) is 0. The second kappa shape index (κ2) is 4.81. The van der Waals surface area contributed by atoms with Gasteiger partial charge in [0.05, 0.1) is 0 Å². The highest BCUT2D eigenvalue weighted by Gasteiger charge is 2.30. The monoisotopic (exact) mass is 237 g/mol. The first-order chi connectivity index (χ1) is 8.17. The molecule has 1 aromatic heterocycles. The average molecular weight is 237 g/mol. The lowest BCUT2D eigenvalue weighted by Gasteiger charge is -2.17. The van der Waals surface area contributed by atoms with Crippen molar-refractivity contribution in [2.45, 2.75) is 25.0 Å². The number of ether oxygens (including phenoxy) is 2. The van der Waals surface area contributed by atoms with Crippen molar-refractivity contribution in [2.75, 3.05) is 14.2 Å². The molecule has 0 aliphatic heterocycles. The third-order valence-electron chi connectivity index (χ3n) is 2.89. The highest BCUT2D eigenvalue weighted by molar-refractivity contribution is 5.85. The van der Waals surface area contributed by atoms with Gasteiger partial charge in [0.1, 0.15) is 5.69 Å². The van der Waals surface area contributed by atoms with Crippen molar-refractivity contribution in [3.8, 4) is 0 Å². The lowest BCUT2D eigenvalue weighted by Crippen LogP contribution is -2.10. The number of aromatic carboxylic acids is 1. The Hall–Kier alpha value is -1.46. The van der Waals surface area contributed by atoms with Crippen LogP contribution < -0.4 is 0 Å². The Labute approximate surface area is 99.4 Å². The largest absolute Gasteiger partial charge is 0.477 e. The first-order valence-electron chi connectivity index (χ1n) is 5.46. The molecule has 92 valence electrons. The zero-order valence-electron chi connectivity index (χ0n) is 9.84. The van der Waals surface area contributed by atoms with Crippen molar-refractivity contribution in [1.82, 2.24) is 4.98 Å². The van der Waals surface area contributed by atoms with Crippen LogP contribution in [0.5, 0.6) is 0 Å². The molecule has 5 nitrogen and oxygen atoms in total. The molecule has 1 aliphatic carbocycles. The summed E-state index contributed by atoms with van der Waals surface area (Å²) in [4.78, 5) is 14.8. The SMILES string of the molecule is COC(OC)c1cnc(C(=O)O)cc1C1CC1. The van der Waals surface area contributed by atoms with Gasteiger partial charge in [-0.3, -0.25) is 0 Å². The molecule has 17 heavy (non-hydrogen) atoms. The molecule has 1 N–H and O–H groups in total. The Bertz CT molecular complexity index is 425. The fourth-order valence-electron chi connectivity index (χ4n) is 1.89. The maximum Gasteiger partial charge on any atom is 0.354 e. The van der Waals surface area contributed by atoms with E-state index < -0.39 is 12.3 Å². The normalized spacial score (nSPS) is 15.2. The Morgan fingerprint density at radius 2 is 2.12 bits per heavy atom. The van der Waals surface area contributed by atoms with Crippen LogP contribution in [0.4, 0.5) is 0 Å². The molecular formula is C12H15NO4. The van der Waals surface area contributed by atoms with E-state index in [0.717, 1.165) is 24.0 Å². The van der Waals surface area contributed by atoms with Gasteiger partial charge >= 0.3 is 5.97 Å². The molecule has 0 aromatic carbocycles. The van der Waals surface area contributed by atoms with Gasteiger partial charge in [-0.2, -0.15) is 0 Å². The van der Waals surface area contributed by atoms with Crippen LogP contribution in [-0.2, 0) is 9.47 Å². The fourth-order valence-corrected chi connectivity index (χ4v) is 1.89. The number of rotatable bonds is 5. The van der Waals surface area contributed by atoms with Crippen LogP contribution in [-0.4, -0.2) is 30.3 Å². The Kier molecular flexibility index (Phi) is 3.40. The number of pyridine rings is 1. The van der Waals surface area contributed by atoms with E-state index in [4.69, 9.17) is 14.6 Å². The number of hydrogen-bond donors (Lipinski definition) is 1. The second-order valence-corrected chi connectivity index (χ2v) is 4.08. The number of carbonyl (C=O) groups is 1.